The summed E-state index contributed by atoms with van der Waals surface area (Å²) in [5, 5.41) is 8.35. The quantitative estimate of drug-likeness (QED) is 0.0233. The molecule has 0 saturated carbocycles. The Kier molecular flexibility index (Phi) is 18.8. The Hall–Kier alpha value is -2.70. The second-order valence-corrected chi connectivity index (χ2v) is 18.2. The fourth-order valence-corrected chi connectivity index (χ4v) is 8.59. The van der Waals surface area contributed by atoms with Crippen LogP contribution < -0.4 is 22.1 Å². The second kappa shape index (κ2) is 21.4. The first-order valence-corrected chi connectivity index (χ1v) is 21.8. The van der Waals surface area contributed by atoms with Crippen LogP contribution in [0, 0.1) is 0 Å². The van der Waals surface area contributed by atoms with E-state index in [0.717, 1.165) is 4.57 Å². The number of phosphoric acid groups is 3. The van der Waals surface area contributed by atoms with E-state index in [1.54, 1.807) is 20.8 Å². The highest BCUT2D eigenvalue weighted by Crippen LogP contribution is 2.66. The third kappa shape index (κ3) is 19.5. The van der Waals surface area contributed by atoms with Crippen molar-refractivity contribution in [1.29, 1.82) is 0 Å². The Morgan fingerprint density at radius 2 is 1.85 bits per heavy atom. The van der Waals surface area contributed by atoms with Gasteiger partial charge < -0.3 is 54.9 Å². The van der Waals surface area contributed by atoms with Crippen LogP contribution in [0.3, 0.4) is 0 Å². The highest BCUT2D eigenvalue weighted by atomic mass is 33.1. The first-order chi connectivity index (χ1) is 24.6. The molecule has 1 aliphatic rings. The average molecular weight is 857 g/mol. The first-order valence-electron chi connectivity index (χ1n) is 14.8. The van der Waals surface area contributed by atoms with Crippen molar-refractivity contribution in [3.05, 3.63) is 38.8 Å². The maximum atomic E-state index is 12.7. The van der Waals surface area contributed by atoms with Gasteiger partial charge in [0.15, 0.2) is 0 Å². The van der Waals surface area contributed by atoms with E-state index in [0.29, 0.717) is 18.1 Å². The largest absolute Gasteiger partial charge is 0.490 e. The summed E-state index contributed by atoms with van der Waals surface area (Å²) >= 11 is 0. The third-order valence-corrected chi connectivity index (χ3v) is 11.9. The number of nitrogens with zero attached hydrogens (tertiary/aromatic N) is 5. The number of nitrogens with two attached hydrogens (primary N) is 1. The molecule has 3 unspecified atom stereocenters. The number of hydrogen-bond acceptors (Lipinski definition) is 18. The number of hydrogen-bond donors (Lipinski definition) is 7. The Bertz CT molecular complexity index is 1690. The van der Waals surface area contributed by atoms with Crippen molar-refractivity contribution in [1.82, 2.24) is 20.2 Å². The van der Waals surface area contributed by atoms with Gasteiger partial charge in [-0.2, -0.15) is 13.6 Å². The number of nitrogen functional groups attached to an aromatic ring is 1. The van der Waals surface area contributed by atoms with Gasteiger partial charge >= 0.3 is 41.3 Å². The summed E-state index contributed by atoms with van der Waals surface area (Å²) in [6.45, 7) is 4.34. The van der Waals surface area contributed by atoms with E-state index in [4.69, 9.17) is 40.0 Å². The number of carbonyl (C=O) groups is 2. The molecule has 300 valence electrons. The third-order valence-electron chi connectivity index (χ3n) is 5.73. The van der Waals surface area contributed by atoms with Crippen LogP contribution in [0.15, 0.2) is 22.2 Å². The van der Waals surface area contributed by atoms with E-state index in [1.165, 1.54) is 39.9 Å². The van der Waals surface area contributed by atoms with Crippen molar-refractivity contribution in [2.45, 2.75) is 51.2 Å². The highest BCUT2D eigenvalue weighted by molar-refractivity contribution is 8.76. The van der Waals surface area contributed by atoms with Crippen LogP contribution in [0.4, 0.5) is 15.4 Å². The molecule has 8 N–H and O–H groups in total. The Morgan fingerprint density at radius 3 is 2.51 bits per heavy atom. The van der Waals surface area contributed by atoms with Crippen LogP contribution in [-0.4, -0.2) is 104 Å². The second-order valence-electron chi connectivity index (χ2n) is 11.1. The molecule has 1 aromatic heterocycles. The van der Waals surface area contributed by atoms with Crippen molar-refractivity contribution in [3.8, 4) is 0 Å². The van der Waals surface area contributed by atoms with Crippen molar-refractivity contribution in [2.24, 2.45) is 5.11 Å². The van der Waals surface area contributed by atoms with Crippen LogP contribution in [0.25, 0.3) is 16.5 Å². The Morgan fingerprint density at radius 1 is 1.15 bits per heavy atom. The molecule has 25 nitrogen and oxygen atoms in total. The molecule has 1 saturated heterocycles. The number of phosphoric ester groups is 1. The molecule has 0 aromatic carbocycles. The molecule has 53 heavy (non-hydrogen) atoms. The normalized spacial score (nSPS) is 19.9. The number of alkyl carbamates (subject to hydrolysis) is 2. The fourth-order valence-electron chi connectivity index (χ4n) is 3.83. The van der Waals surface area contributed by atoms with Gasteiger partial charge in [-0.15, -0.1) is 0 Å². The van der Waals surface area contributed by atoms with Gasteiger partial charge in [-0.3, -0.25) is 9.09 Å². The van der Waals surface area contributed by atoms with Gasteiger partial charge in [0.25, 0.3) is 0 Å². The molecule has 2 heterocycles. The van der Waals surface area contributed by atoms with Crippen molar-refractivity contribution in [3.63, 3.8) is 0 Å². The zero-order valence-electron chi connectivity index (χ0n) is 28.2. The van der Waals surface area contributed by atoms with Crippen molar-refractivity contribution < 1.29 is 75.0 Å². The summed E-state index contributed by atoms with van der Waals surface area (Å²) in [5.74, 6) is 0.920. The van der Waals surface area contributed by atoms with Crippen LogP contribution >= 0.6 is 45.1 Å². The lowest BCUT2D eigenvalue weighted by Crippen LogP contribution is -2.33. The lowest BCUT2D eigenvalue weighted by molar-refractivity contribution is -0.0601. The topological polar surface area (TPSA) is 365 Å². The lowest BCUT2D eigenvalue weighted by atomic mass is 10.2. The minimum Gasteiger partial charge on any atom is -0.449 e. The zero-order chi connectivity index (χ0) is 39.9. The summed E-state index contributed by atoms with van der Waals surface area (Å²) in [7, 11) is -14.0. The summed E-state index contributed by atoms with van der Waals surface area (Å²) in [6, 6.07) is 0. The van der Waals surface area contributed by atoms with Crippen molar-refractivity contribution in [2.75, 3.05) is 50.3 Å². The number of rotatable bonds is 21. The molecule has 2 amide bonds. The lowest BCUT2D eigenvalue weighted by Gasteiger charge is -2.21. The molecule has 0 radical (unpaired) electrons. The SMILES string of the molecule is CC(C)(C)OC(=O)NCCSSCCOC(=O)NC/C=C/c1cn([C@H]2CC(OCN=[N+]=[N-])[C@@H](COP(=O)(O)OP(=O)(O)OP(=O)(O)O)O2)c(=O)nc1N. The van der Waals surface area contributed by atoms with E-state index in [9.17, 15) is 37.9 Å². The first kappa shape index (κ1) is 46.5. The molecule has 1 fully saturated rings. The summed E-state index contributed by atoms with van der Waals surface area (Å²) in [6.07, 6.45) is -0.770. The number of anilines is 1. The summed E-state index contributed by atoms with van der Waals surface area (Å²) in [5.41, 5.74) is 13.2. The van der Waals surface area contributed by atoms with Gasteiger partial charge in [-0.25, -0.2) is 28.1 Å². The smallest absolute Gasteiger partial charge is 0.449 e. The van der Waals surface area contributed by atoms with Crippen LogP contribution in [-0.2, 0) is 45.8 Å². The minimum absolute atomic E-state index is 0.00640. The van der Waals surface area contributed by atoms with E-state index < -0.39 is 78.7 Å². The van der Waals surface area contributed by atoms with E-state index >= 15 is 0 Å². The maximum Gasteiger partial charge on any atom is 0.490 e. The Labute approximate surface area is 309 Å². The number of amides is 2. The molecule has 1 aromatic rings. The number of azide groups is 1. The summed E-state index contributed by atoms with van der Waals surface area (Å²) in [4.78, 5) is 79.1. The maximum absolute atomic E-state index is 12.7. The molecule has 0 spiro atoms. The molecule has 0 aliphatic carbocycles. The summed E-state index contributed by atoms with van der Waals surface area (Å²) < 4.78 is 69.0. The minimum atomic E-state index is -5.79. The Balaban J connectivity index is 1.91. The standard InChI is InChI=1S/C23H39N8O17P3S2/c1-23(2,3)46-22(34)27-7-9-52-53-10-8-42-21(33)26-6-4-5-15-12-31(20(32)29-19(15)24)18-11-16(43-14-28-30-25)17(45-18)13-44-50(38,39)48-51(40,41)47-49(35,36)37/h4-5,12,16-18H,6-11,13-14H2,1-3H3,(H,26,33)(H,27,34)(H,38,39)(H,40,41)(H2,24,29,32)(H2,35,36,37)/b5-4+/t16?,17-,18-/m1/s1. The number of aromatic nitrogens is 2. The highest BCUT2D eigenvalue weighted by Gasteiger charge is 2.43. The number of nitrogens with one attached hydrogen (secondary N) is 2. The van der Waals surface area contributed by atoms with Crippen LogP contribution in [0.5, 0.6) is 0 Å². The van der Waals surface area contributed by atoms with Crippen LogP contribution in [0.2, 0.25) is 0 Å². The van der Waals surface area contributed by atoms with Gasteiger partial charge in [0.1, 0.15) is 37.1 Å². The van der Waals surface area contributed by atoms with Crippen molar-refractivity contribution >= 4 is 69.1 Å². The molecule has 30 heteroatoms. The monoisotopic (exact) mass is 856 g/mol. The average Bonchev–Trinajstić information content (AvgIpc) is 3.40. The van der Waals surface area contributed by atoms with Gasteiger partial charge in [0, 0.05) is 47.7 Å². The van der Waals surface area contributed by atoms with E-state index in [-0.39, 0.29) is 31.0 Å². The van der Waals surface area contributed by atoms with Gasteiger partial charge in [0.2, 0.25) is 0 Å². The predicted molar refractivity (Wildman–Crippen MR) is 188 cm³/mol. The molecular weight excluding hydrogens is 817 g/mol. The number of ether oxygens (including phenoxy) is 4. The fraction of sp³-hybridized carbons (Fsp3) is 0.652. The zero-order valence-corrected chi connectivity index (χ0v) is 32.5. The molecule has 1 aliphatic heterocycles. The number of carbonyl (C=O) groups excluding carboxylic acids is 2. The molecule has 5 atom stereocenters. The van der Waals surface area contributed by atoms with Crippen LogP contribution in [0.1, 0.15) is 39.0 Å². The van der Waals surface area contributed by atoms with Gasteiger partial charge in [-0.1, -0.05) is 38.9 Å². The molecule has 0 bridgehead atoms. The van der Waals surface area contributed by atoms with Gasteiger partial charge in [-0.05, 0) is 26.3 Å². The predicted octanol–water partition coefficient (Wildman–Crippen LogP) is 2.75. The molecular formula is C23H39N8O17P3S2. The van der Waals surface area contributed by atoms with Gasteiger partial charge in [0.05, 0.1) is 12.7 Å². The molecule has 2 rings (SSSR count). The van der Waals surface area contributed by atoms with E-state index in [1.807, 2.05) is 0 Å². The van der Waals surface area contributed by atoms with E-state index in [2.05, 4.69) is 38.8 Å².